The molecule has 14 heavy (non-hydrogen) atoms. The molecular weight excluding hydrogens is 184 g/mol. The second kappa shape index (κ2) is 3.69. The topological polar surface area (TPSA) is 75.2 Å². The average molecular weight is 196 g/mol. The highest BCUT2D eigenvalue weighted by atomic mass is 16.5. The number of rotatable bonds is 3. The summed E-state index contributed by atoms with van der Waals surface area (Å²) in [5.74, 6) is -0.514. The molecule has 0 unspecified atom stereocenters. The number of fused-ring (bicyclic) bond motifs is 1. The fraction of sp³-hybridized carbons (Fsp3) is 0.556. The minimum absolute atomic E-state index is 0.322. The summed E-state index contributed by atoms with van der Waals surface area (Å²) in [5.41, 5.74) is 2.15. The van der Waals surface area contributed by atoms with E-state index in [2.05, 4.69) is 10.2 Å². The number of aromatic amines is 1. The van der Waals surface area contributed by atoms with Crippen LogP contribution in [0.15, 0.2) is 0 Å². The first-order chi connectivity index (χ1) is 6.77. The number of H-pyrrole nitrogens is 1. The van der Waals surface area contributed by atoms with Gasteiger partial charge in [-0.1, -0.05) is 0 Å². The second-order valence-electron chi connectivity index (χ2n) is 3.38. The standard InChI is InChI=1S/C9H12N2O3/c12-8(13)5-14-9-6-3-1-2-4-7(6)10-11-9/h1-5H2,(H,10,11)(H,12,13). The number of nitrogens with zero attached hydrogens (tertiary/aromatic N) is 1. The van der Waals surface area contributed by atoms with Crippen molar-refractivity contribution in [2.75, 3.05) is 6.61 Å². The maximum atomic E-state index is 10.3. The van der Waals surface area contributed by atoms with E-state index in [0.717, 1.165) is 36.9 Å². The van der Waals surface area contributed by atoms with Crippen molar-refractivity contribution in [2.45, 2.75) is 25.7 Å². The van der Waals surface area contributed by atoms with Crippen LogP contribution in [0.4, 0.5) is 0 Å². The lowest BCUT2D eigenvalue weighted by atomic mass is 9.98. The van der Waals surface area contributed by atoms with Crippen LogP contribution in [0.2, 0.25) is 0 Å². The minimum Gasteiger partial charge on any atom is -0.479 e. The van der Waals surface area contributed by atoms with Crippen molar-refractivity contribution in [3.8, 4) is 5.88 Å². The van der Waals surface area contributed by atoms with Gasteiger partial charge in [-0.15, -0.1) is 5.10 Å². The van der Waals surface area contributed by atoms with Gasteiger partial charge in [-0.3, -0.25) is 5.10 Å². The zero-order chi connectivity index (χ0) is 9.97. The number of carboxylic acid groups (broad SMARTS) is 1. The Bertz CT molecular complexity index is 346. The molecule has 2 rings (SSSR count). The summed E-state index contributed by atoms with van der Waals surface area (Å²) in [7, 11) is 0. The summed E-state index contributed by atoms with van der Waals surface area (Å²) in [6, 6.07) is 0. The molecule has 0 saturated carbocycles. The number of carbonyl (C=O) groups is 1. The van der Waals surface area contributed by atoms with Crippen LogP contribution in [0.25, 0.3) is 0 Å². The number of carboxylic acids is 1. The van der Waals surface area contributed by atoms with Crippen LogP contribution in [0.5, 0.6) is 5.88 Å². The predicted molar refractivity (Wildman–Crippen MR) is 48.4 cm³/mol. The van der Waals surface area contributed by atoms with Gasteiger partial charge < -0.3 is 9.84 Å². The number of nitrogens with one attached hydrogen (secondary N) is 1. The van der Waals surface area contributed by atoms with E-state index < -0.39 is 5.97 Å². The third-order valence-electron chi connectivity index (χ3n) is 2.35. The quantitative estimate of drug-likeness (QED) is 0.748. The number of aliphatic carboxylic acids is 1. The molecule has 0 bridgehead atoms. The van der Waals surface area contributed by atoms with E-state index in [1.54, 1.807) is 0 Å². The molecule has 1 aromatic heterocycles. The predicted octanol–water partition coefficient (Wildman–Crippen LogP) is 0.752. The summed E-state index contributed by atoms with van der Waals surface area (Å²) in [4.78, 5) is 10.3. The Labute approximate surface area is 81.1 Å². The first-order valence-electron chi connectivity index (χ1n) is 4.68. The van der Waals surface area contributed by atoms with Gasteiger partial charge in [0, 0.05) is 11.3 Å². The Morgan fingerprint density at radius 2 is 2.29 bits per heavy atom. The maximum Gasteiger partial charge on any atom is 0.341 e. The van der Waals surface area contributed by atoms with E-state index in [1.165, 1.54) is 0 Å². The van der Waals surface area contributed by atoms with Crippen LogP contribution in [-0.4, -0.2) is 27.9 Å². The molecule has 5 heteroatoms. The van der Waals surface area contributed by atoms with Gasteiger partial charge >= 0.3 is 5.97 Å². The lowest BCUT2D eigenvalue weighted by Crippen LogP contribution is -2.11. The molecule has 0 radical (unpaired) electrons. The average Bonchev–Trinajstić information content (AvgIpc) is 2.58. The first kappa shape index (κ1) is 9.05. The van der Waals surface area contributed by atoms with Crippen molar-refractivity contribution in [2.24, 2.45) is 0 Å². The normalized spacial score (nSPS) is 14.9. The Kier molecular flexibility index (Phi) is 2.39. The van der Waals surface area contributed by atoms with Crippen molar-refractivity contribution < 1.29 is 14.6 Å². The Hall–Kier alpha value is -1.52. The van der Waals surface area contributed by atoms with Gasteiger partial charge in [0.1, 0.15) is 0 Å². The highest BCUT2D eigenvalue weighted by Gasteiger charge is 2.18. The van der Waals surface area contributed by atoms with E-state index >= 15 is 0 Å². The van der Waals surface area contributed by atoms with Gasteiger partial charge in [0.25, 0.3) is 0 Å². The van der Waals surface area contributed by atoms with Gasteiger partial charge in [-0.05, 0) is 25.7 Å². The molecule has 0 aliphatic heterocycles. The molecule has 1 aliphatic carbocycles. The lowest BCUT2D eigenvalue weighted by Gasteiger charge is -2.10. The molecule has 76 valence electrons. The van der Waals surface area contributed by atoms with Crippen molar-refractivity contribution in [1.82, 2.24) is 10.2 Å². The third kappa shape index (κ3) is 1.71. The van der Waals surface area contributed by atoms with E-state index in [0.29, 0.717) is 5.88 Å². The highest BCUT2D eigenvalue weighted by Crippen LogP contribution is 2.26. The van der Waals surface area contributed by atoms with Crippen LogP contribution in [0.3, 0.4) is 0 Å². The Morgan fingerprint density at radius 3 is 3.07 bits per heavy atom. The maximum absolute atomic E-state index is 10.3. The zero-order valence-electron chi connectivity index (χ0n) is 7.75. The van der Waals surface area contributed by atoms with E-state index in [9.17, 15) is 4.79 Å². The van der Waals surface area contributed by atoms with Gasteiger partial charge in [0.05, 0.1) is 0 Å². The van der Waals surface area contributed by atoms with Crippen molar-refractivity contribution in [1.29, 1.82) is 0 Å². The molecule has 0 spiro atoms. The molecule has 5 nitrogen and oxygen atoms in total. The minimum atomic E-state index is -0.974. The molecule has 1 aliphatic rings. The molecule has 2 N–H and O–H groups in total. The molecule has 0 aromatic carbocycles. The largest absolute Gasteiger partial charge is 0.479 e. The Balaban J connectivity index is 2.10. The smallest absolute Gasteiger partial charge is 0.341 e. The summed E-state index contributed by atoms with van der Waals surface area (Å²) >= 11 is 0. The Morgan fingerprint density at radius 1 is 1.50 bits per heavy atom. The van der Waals surface area contributed by atoms with E-state index in [1.807, 2.05) is 0 Å². The lowest BCUT2D eigenvalue weighted by molar-refractivity contribution is -0.139. The highest BCUT2D eigenvalue weighted by molar-refractivity contribution is 5.68. The van der Waals surface area contributed by atoms with Crippen LogP contribution in [0, 0.1) is 0 Å². The van der Waals surface area contributed by atoms with E-state index in [-0.39, 0.29) is 6.61 Å². The van der Waals surface area contributed by atoms with Crippen LogP contribution >= 0.6 is 0 Å². The zero-order valence-corrected chi connectivity index (χ0v) is 7.75. The van der Waals surface area contributed by atoms with E-state index in [4.69, 9.17) is 9.84 Å². The molecular formula is C9H12N2O3. The van der Waals surface area contributed by atoms with Crippen molar-refractivity contribution >= 4 is 5.97 Å². The number of aryl methyl sites for hydroxylation is 1. The number of aromatic nitrogens is 2. The van der Waals surface area contributed by atoms with Crippen LogP contribution in [-0.2, 0) is 17.6 Å². The second-order valence-corrected chi connectivity index (χ2v) is 3.38. The molecule has 0 amide bonds. The number of hydrogen-bond donors (Lipinski definition) is 2. The SMILES string of the molecule is O=C(O)COc1n[nH]c2c1CCCC2. The van der Waals surface area contributed by atoms with Crippen LogP contribution in [0.1, 0.15) is 24.1 Å². The molecule has 0 saturated heterocycles. The van der Waals surface area contributed by atoms with Crippen LogP contribution < -0.4 is 4.74 Å². The summed E-state index contributed by atoms with van der Waals surface area (Å²) in [6.45, 7) is -0.322. The molecule has 1 heterocycles. The van der Waals surface area contributed by atoms with Crippen molar-refractivity contribution in [3.05, 3.63) is 11.3 Å². The number of ether oxygens (including phenoxy) is 1. The monoisotopic (exact) mass is 196 g/mol. The fourth-order valence-corrected chi connectivity index (χ4v) is 1.70. The summed E-state index contributed by atoms with van der Waals surface area (Å²) in [6.07, 6.45) is 4.20. The molecule has 0 atom stereocenters. The van der Waals surface area contributed by atoms with Gasteiger partial charge in [0.15, 0.2) is 6.61 Å². The summed E-state index contributed by atoms with van der Waals surface area (Å²) < 4.78 is 5.06. The van der Waals surface area contributed by atoms with Gasteiger partial charge in [-0.2, -0.15) is 0 Å². The van der Waals surface area contributed by atoms with Crippen molar-refractivity contribution in [3.63, 3.8) is 0 Å². The summed E-state index contributed by atoms with van der Waals surface area (Å²) in [5, 5.41) is 15.3. The number of hydrogen-bond acceptors (Lipinski definition) is 3. The fourth-order valence-electron chi connectivity index (χ4n) is 1.70. The molecule has 1 aromatic rings. The third-order valence-corrected chi connectivity index (χ3v) is 2.35. The molecule has 0 fully saturated rings. The van der Waals surface area contributed by atoms with Gasteiger partial charge in [-0.25, -0.2) is 4.79 Å². The van der Waals surface area contributed by atoms with Gasteiger partial charge in [0.2, 0.25) is 5.88 Å². The first-order valence-corrected chi connectivity index (χ1v) is 4.68.